The quantitative estimate of drug-likeness (QED) is 0.561. The largest absolute Gasteiger partial charge is 0.393 e. The minimum atomic E-state index is 0.0709. The van der Waals surface area contributed by atoms with Crippen LogP contribution in [0.1, 0.15) is 32.1 Å². The van der Waals surface area contributed by atoms with Crippen molar-refractivity contribution in [1.82, 2.24) is 0 Å². The van der Waals surface area contributed by atoms with Gasteiger partial charge in [0.2, 0.25) is 0 Å². The Morgan fingerprint density at radius 1 is 0.818 bits per heavy atom. The molecule has 0 heterocycles. The zero-order valence-corrected chi connectivity index (χ0v) is 6.87. The standard InChI is InChI=1S/C10H16O/c11-10-4-3-7-6-1-2-8(7)9(10)5-6/h6-11H,1-5H2. The van der Waals surface area contributed by atoms with Crippen molar-refractivity contribution in [2.45, 2.75) is 38.2 Å². The fourth-order valence-corrected chi connectivity index (χ4v) is 4.00. The second-order valence-electron chi connectivity index (χ2n) is 4.71. The summed E-state index contributed by atoms with van der Waals surface area (Å²) in [5.41, 5.74) is 0. The Morgan fingerprint density at radius 3 is 2.45 bits per heavy atom. The van der Waals surface area contributed by atoms with Crippen LogP contribution in [0.2, 0.25) is 0 Å². The van der Waals surface area contributed by atoms with Crippen LogP contribution < -0.4 is 0 Å². The van der Waals surface area contributed by atoms with E-state index in [4.69, 9.17) is 0 Å². The topological polar surface area (TPSA) is 20.2 Å². The van der Waals surface area contributed by atoms with E-state index in [2.05, 4.69) is 0 Å². The highest BCUT2D eigenvalue weighted by Gasteiger charge is 2.52. The van der Waals surface area contributed by atoms with Crippen LogP contribution in [0.25, 0.3) is 0 Å². The molecule has 11 heavy (non-hydrogen) atoms. The minimum Gasteiger partial charge on any atom is -0.393 e. The number of aliphatic hydroxyl groups excluding tert-OH is 1. The van der Waals surface area contributed by atoms with Gasteiger partial charge >= 0.3 is 0 Å². The smallest absolute Gasteiger partial charge is 0.0571 e. The van der Waals surface area contributed by atoms with E-state index < -0.39 is 0 Å². The molecular weight excluding hydrogens is 136 g/mol. The van der Waals surface area contributed by atoms with Crippen LogP contribution in [0.3, 0.4) is 0 Å². The molecule has 0 saturated heterocycles. The van der Waals surface area contributed by atoms with Gasteiger partial charge in [-0.3, -0.25) is 0 Å². The fourth-order valence-electron chi connectivity index (χ4n) is 4.00. The van der Waals surface area contributed by atoms with Gasteiger partial charge in [-0.05, 0) is 55.8 Å². The van der Waals surface area contributed by atoms with E-state index in [1.54, 1.807) is 0 Å². The van der Waals surface area contributed by atoms with Crippen LogP contribution in [0.15, 0.2) is 0 Å². The van der Waals surface area contributed by atoms with Gasteiger partial charge in [0.05, 0.1) is 6.10 Å². The van der Waals surface area contributed by atoms with Crippen molar-refractivity contribution in [3.8, 4) is 0 Å². The third-order valence-electron chi connectivity index (χ3n) is 4.44. The summed E-state index contributed by atoms with van der Waals surface area (Å²) in [6.07, 6.45) is 6.75. The van der Waals surface area contributed by atoms with Gasteiger partial charge in [0.1, 0.15) is 0 Å². The molecule has 3 aliphatic rings. The Hall–Kier alpha value is -0.0400. The van der Waals surface area contributed by atoms with Gasteiger partial charge in [-0.2, -0.15) is 0 Å². The third-order valence-corrected chi connectivity index (χ3v) is 4.44. The first-order chi connectivity index (χ1) is 5.36. The van der Waals surface area contributed by atoms with Crippen LogP contribution in [0.5, 0.6) is 0 Å². The summed E-state index contributed by atoms with van der Waals surface area (Å²) in [5.74, 6) is 3.70. The predicted molar refractivity (Wildman–Crippen MR) is 43.1 cm³/mol. The Bertz CT molecular complexity index is 178. The maximum atomic E-state index is 9.72. The molecule has 0 amide bonds. The normalized spacial score (nSPS) is 60.3. The second kappa shape index (κ2) is 2.01. The lowest BCUT2D eigenvalue weighted by Crippen LogP contribution is -2.30. The maximum Gasteiger partial charge on any atom is 0.0571 e. The zero-order chi connectivity index (χ0) is 7.42. The highest BCUT2D eigenvalue weighted by molar-refractivity contribution is 5.02. The first kappa shape index (κ1) is 6.47. The average Bonchev–Trinajstić information content (AvgIpc) is 2.52. The molecule has 3 rings (SSSR count). The third kappa shape index (κ3) is 0.703. The molecule has 1 heteroatoms. The number of hydrogen-bond acceptors (Lipinski definition) is 1. The molecule has 0 aromatic carbocycles. The Morgan fingerprint density at radius 2 is 1.64 bits per heavy atom. The van der Waals surface area contributed by atoms with Gasteiger partial charge in [0.15, 0.2) is 0 Å². The first-order valence-corrected chi connectivity index (χ1v) is 5.04. The summed E-state index contributed by atoms with van der Waals surface area (Å²) in [6, 6.07) is 0. The van der Waals surface area contributed by atoms with Crippen molar-refractivity contribution in [3.63, 3.8) is 0 Å². The Balaban J connectivity index is 1.93. The predicted octanol–water partition coefficient (Wildman–Crippen LogP) is 1.80. The Kier molecular flexibility index (Phi) is 1.18. The minimum absolute atomic E-state index is 0.0709. The Labute approximate surface area is 67.8 Å². The van der Waals surface area contributed by atoms with E-state index in [9.17, 15) is 5.11 Å². The molecular formula is C10H16O. The van der Waals surface area contributed by atoms with Crippen LogP contribution in [0, 0.1) is 23.7 Å². The van der Waals surface area contributed by atoms with Crippen LogP contribution in [-0.2, 0) is 0 Å². The van der Waals surface area contributed by atoms with Crippen LogP contribution in [-0.4, -0.2) is 11.2 Å². The molecule has 62 valence electrons. The van der Waals surface area contributed by atoms with E-state index in [1.807, 2.05) is 0 Å². The number of hydrogen-bond donors (Lipinski definition) is 1. The van der Waals surface area contributed by atoms with Crippen LogP contribution in [0.4, 0.5) is 0 Å². The SMILES string of the molecule is OC1CCC2C3CCC2C1C3. The summed E-state index contributed by atoms with van der Waals surface area (Å²) in [4.78, 5) is 0. The van der Waals surface area contributed by atoms with E-state index in [1.165, 1.54) is 25.7 Å². The summed E-state index contributed by atoms with van der Waals surface area (Å²) in [6.45, 7) is 0. The molecule has 3 fully saturated rings. The summed E-state index contributed by atoms with van der Waals surface area (Å²) < 4.78 is 0. The van der Waals surface area contributed by atoms with Gasteiger partial charge in [-0.15, -0.1) is 0 Å². The van der Waals surface area contributed by atoms with Gasteiger partial charge in [0, 0.05) is 0 Å². The molecule has 0 aliphatic heterocycles. The molecule has 1 N–H and O–H groups in total. The van der Waals surface area contributed by atoms with Crippen LogP contribution >= 0.6 is 0 Å². The second-order valence-corrected chi connectivity index (χ2v) is 4.71. The molecule has 0 radical (unpaired) electrons. The summed E-state index contributed by atoms with van der Waals surface area (Å²) >= 11 is 0. The molecule has 1 nitrogen and oxygen atoms in total. The molecule has 0 aromatic rings. The average molecular weight is 152 g/mol. The highest BCUT2D eigenvalue weighted by atomic mass is 16.3. The molecule has 3 saturated carbocycles. The van der Waals surface area contributed by atoms with Gasteiger partial charge < -0.3 is 5.11 Å². The van der Waals surface area contributed by atoms with Gasteiger partial charge in [-0.25, -0.2) is 0 Å². The maximum absolute atomic E-state index is 9.72. The van der Waals surface area contributed by atoms with Crippen molar-refractivity contribution in [2.75, 3.05) is 0 Å². The molecule has 3 aliphatic carbocycles. The summed E-state index contributed by atoms with van der Waals surface area (Å²) in [5, 5.41) is 9.72. The van der Waals surface area contributed by atoms with E-state index in [0.29, 0.717) is 5.92 Å². The molecule has 0 spiro atoms. The molecule has 4 bridgehead atoms. The summed E-state index contributed by atoms with van der Waals surface area (Å²) in [7, 11) is 0. The number of rotatable bonds is 0. The monoisotopic (exact) mass is 152 g/mol. The van der Waals surface area contributed by atoms with Gasteiger partial charge in [0.25, 0.3) is 0 Å². The van der Waals surface area contributed by atoms with E-state index in [-0.39, 0.29) is 6.10 Å². The van der Waals surface area contributed by atoms with Crippen molar-refractivity contribution in [1.29, 1.82) is 0 Å². The van der Waals surface area contributed by atoms with Crippen molar-refractivity contribution < 1.29 is 5.11 Å². The van der Waals surface area contributed by atoms with Crippen molar-refractivity contribution in [3.05, 3.63) is 0 Å². The fraction of sp³-hybridized carbons (Fsp3) is 1.00. The lowest BCUT2D eigenvalue weighted by molar-refractivity contribution is 0.0382. The number of aliphatic hydroxyl groups is 1. The van der Waals surface area contributed by atoms with Gasteiger partial charge in [-0.1, -0.05) is 0 Å². The highest BCUT2D eigenvalue weighted by Crippen LogP contribution is 2.58. The zero-order valence-electron chi connectivity index (χ0n) is 6.87. The lowest BCUT2D eigenvalue weighted by atomic mass is 9.77. The first-order valence-electron chi connectivity index (χ1n) is 5.04. The molecule has 5 unspecified atom stereocenters. The van der Waals surface area contributed by atoms with E-state index in [0.717, 1.165) is 24.2 Å². The molecule has 0 aromatic heterocycles. The van der Waals surface area contributed by atoms with E-state index >= 15 is 0 Å². The van der Waals surface area contributed by atoms with Crippen molar-refractivity contribution >= 4 is 0 Å². The lowest BCUT2D eigenvalue weighted by Gasteiger charge is -2.31. The molecule has 5 atom stereocenters. The van der Waals surface area contributed by atoms with Crippen molar-refractivity contribution in [2.24, 2.45) is 23.7 Å².